The molecular formula is C15H23N3O. The van der Waals surface area contributed by atoms with Crippen molar-refractivity contribution >= 4 is 17.3 Å². The number of likely N-dealkylation sites (N-methyl/N-ethyl adjacent to an activating group) is 1. The van der Waals surface area contributed by atoms with Crippen LogP contribution in [-0.2, 0) is 4.79 Å². The van der Waals surface area contributed by atoms with Crippen molar-refractivity contribution in [2.24, 2.45) is 0 Å². The number of rotatable bonds is 4. The fourth-order valence-electron chi connectivity index (χ4n) is 2.56. The number of nitrogens with zero attached hydrogens (tertiary/aromatic N) is 1. The Kier molecular flexibility index (Phi) is 4.66. The van der Waals surface area contributed by atoms with Gasteiger partial charge in [-0.2, -0.15) is 0 Å². The fourth-order valence-corrected chi connectivity index (χ4v) is 2.56. The van der Waals surface area contributed by atoms with Crippen LogP contribution in [0, 0.1) is 0 Å². The van der Waals surface area contributed by atoms with Crippen molar-refractivity contribution in [1.29, 1.82) is 0 Å². The molecule has 0 heterocycles. The van der Waals surface area contributed by atoms with Crippen LogP contribution in [-0.4, -0.2) is 25.5 Å². The number of carbonyl (C=O) groups excluding carboxylic acids is 1. The molecule has 4 nitrogen and oxygen atoms in total. The summed E-state index contributed by atoms with van der Waals surface area (Å²) in [4.78, 5) is 13.9. The number of nitrogens with two attached hydrogens (primary N) is 1. The molecule has 0 radical (unpaired) electrons. The van der Waals surface area contributed by atoms with E-state index in [0.717, 1.165) is 24.2 Å². The van der Waals surface area contributed by atoms with Crippen molar-refractivity contribution in [2.75, 3.05) is 24.2 Å². The van der Waals surface area contributed by atoms with Crippen molar-refractivity contribution in [1.82, 2.24) is 5.32 Å². The third-order valence-electron chi connectivity index (χ3n) is 3.68. The van der Waals surface area contributed by atoms with Gasteiger partial charge in [0.2, 0.25) is 5.91 Å². The molecule has 0 saturated heterocycles. The van der Waals surface area contributed by atoms with Crippen LogP contribution in [0.2, 0.25) is 0 Å². The maximum Gasteiger partial charge on any atom is 0.239 e. The third-order valence-corrected chi connectivity index (χ3v) is 3.68. The van der Waals surface area contributed by atoms with Gasteiger partial charge in [0.1, 0.15) is 0 Å². The summed E-state index contributed by atoms with van der Waals surface area (Å²) in [7, 11) is 1.92. The van der Waals surface area contributed by atoms with Gasteiger partial charge in [-0.3, -0.25) is 4.79 Å². The van der Waals surface area contributed by atoms with Gasteiger partial charge in [0.15, 0.2) is 0 Å². The van der Waals surface area contributed by atoms with Crippen molar-refractivity contribution < 1.29 is 4.79 Å². The van der Waals surface area contributed by atoms with E-state index in [4.69, 9.17) is 5.73 Å². The van der Waals surface area contributed by atoms with Crippen LogP contribution in [0.1, 0.15) is 32.1 Å². The Morgan fingerprint density at radius 3 is 2.53 bits per heavy atom. The van der Waals surface area contributed by atoms with Gasteiger partial charge in [-0.15, -0.1) is 0 Å². The molecule has 0 atom stereocenters. The first-order valence-electron chi connectivity index (χ1n) is 7.01. The summed E-state index contributed by atoms with van der Waals surface area (Å²) >= 11 is 0. The van der Waals surface area contributed by atoms with Crippen LogP contribution in [0.3, 0.4) is 0 Å². The molecule has 0 aliphatic heterocycles. The molecule has 1 amide bonds. The minimum atomic E-state index is 0.103. The highest BCUT2D eigenvalue weighted by molar-refractivity contribution is 5.81. The van der Waals surface area contributed by atoms with Gasteiger partial charge in [0.05, 0.1) is 6.54 Å². The number of nitrogen functional groups attached to an aromatic ring is 1. The number of hydrogen-bond donors (Lipinski definition) is 2. The lowest BCUT2D eigenvalue weighted by Gasteiger charge is -2.25. The van der Waals surface area contributed by atoms with E-state index in [1.807, 2.05) is 36.2 Å². The maximum atomic E-state index is 12.0. The molecule has 1 aromatic rings. The minimum absolute atomic E-state index is 0.103. The van der Waals surface area contributed by atoms with Crippen molar-refractivity contribution in [3.8, 4) is 0 Å². The number of anilines is 2. The lowest BCUT2D eigenvalue weighted by atomic mass is 9.95. The van der Waals surface area contributed by atoms with Gasteiger partial charge in [-0.25, -0.2) is 0 Å². The molecule has 0 aromatic heterocycles. The van der Waals surface area contributed by atoms with Gasteiger partial charge in [0.25, 0.3) is 0 Å². The summed E-state index contributed by atoms with van der Waals surface area (Å²) < 4.78 is 0. The molecule has 3 N–H and O–H groups in total. The first kappa shape index (κ1) is 13.7. The van der Waals surface area contributed by atoms with Crippen LogP contribution in [0.5, 0.6) is 0 Å². The monoisotopic (exact) mass is 261 g/mol. The van der Waals surface area contributed by atoms with Gasteiger partial charge >= 0.3 is 0 Å². The Bertz CT molecular complexity index is 410. The molecule has 1 aliphatic rings. The summed E-state index contributed by atoms with van der Waals surface area (Å²) in [6.07, 6.45) is 6.02. The molecule has 2 rings (SSSR count). The Morgan fingerprint density at radius 1 is 1.26 bits per heavy atom. The molecule has 0 spiro atoms. The quantitative estimate of drug-likeness (QED) is 0.817. The fraction of sp³-hybridized carbons (Fsp3) is 0.533. The molecule has 19 heavy (non-hydrogen) atoms. The summed E-state index contributed by atoms with van der Waals surface area (Å²) in [5.74, 6) is 0.103. The minimum Gasteiger partial charge on any atom is -0.399 e. The Labute approximate surface area is 115 Å². The van der Waals surface area contributed by atoms with E-state index in [1.165, 1.54) is 19.3 Å². The average Bonchev–Trinajstić information content (AvgIpc) is 2.40. The third kappa shape index (κ3) is 4.16. The average molecular weight is 261 g/mol. The summed E-state index contributed by atoms with van der Waals surface area (Å²) in [6, 6.07) is 7.95. The summed E-state index contributed by atoms with van der Waals surface area (Å²) in [5, 5.41) is 3.13. The standard InChI is InChI=1S/C15H23N3O/c1-18(14-9-7-12(16)8-10-14)11-15(19)17-13-5-3-2-4-6-13/h7-10,13H,2-6,11,16H2,1H3,(H,17,19). The smallest absolute Gasteiger partial charge is 0.239 e. The van der Waals surface area contributed by atoms with Gasteiger partial charge < -0.3 is 16.0 Å². The van der Waals surface area contributed by atoms with Crippen LogP contribution < -0.4 is 16.0 Å². The second-order valence-corrected chi connectivity index (χ2v) is 5.35. The molecule has 0 bridgehead atoms. The van der Waals surface area contributed by atoms with E-state index in [2.05, 4.69) is 5.32 Å². The molecule has 1 saturated carbocycles. The van der Waals surface area contributed by atoms with E-state index in [1.54, 1.807) is 0 Å². The van der Waals surface area contributed by atoms with Gasteiger partial charge in [-0.05, 0) is 37.1 Å². The van der Waals surface area contributed by atoms with Crippen molar-refractivity contribution in [3.05, 3.63) is 24.3 Å². The number of amides is 1. The molecule has 1 aliphatic carbocycles. The summed E-state index contributed by atoms with van der Waals surface area (Å²) in [5.41, 5.74) is 7.40. The first-order chi connectivity index (χ1) is 9.15. The molecular weight excluding hydrogens is 238 g/mol. The number of benzene rings is 1. The van der Waals surface area contributed by atoms with Crippen molar-refractivity contribution in [2.45, 2.75) is 38.1 Å². The molecule has 0 unspecified atom stereocenters. The topological polar surface area (TPSA) is 58.4 Å². The normalized spacial score (nSPS) is 16.1. The highest BCUT2D eigenvalue weighted by Gasteiger charge is 2.16. The highest BCUT2D eigenvalue weighted by atomic mass is 16.2. The van der Waals surface area contributed by atoms with E-state index >= 15 is 0 Å². The largest absolute Gasteiger partial charge is 0.399 e. The second-order valence-electron chi connectivity index (χ2n) is 5.35. The Balaban J connectivity index is 1.82. The Morgan fingerprint density at radius 2 is 1.89 bits per heavy atom. The van der Waals surface area contributed by atoms with Gasteiger partial charge in [0, 0.05) is 24.5 Å². The molecule has 1 fully saturated rings. The van der Waals surface area contributed by atoms with E-state index in [-0.39, 0.29) is 5.91 Å². The molecule has 1 aromatic carbocycles. The maximum absolute atomic E-state index is 12.0. The summed E-state index contributed by atoms with van der Waals surface area (Å²) in [6.45, 7) is 0.389. The lowest BCUT2D eigenvalue weighted by Crippen LogP contribution is -2.41. The number of nitrogens with one attached hydrogen (secondary N) is 1. The second kappa shape index (κ2) is 6.45. The van der Waals surface area contributed by atoms with Crippen LogP contribution in [0.25, 0.3) is 0 Å². The molecule has 104 valence electrons. The predicted molar refractivity (Wildman–Crippen MR) is 79.1 cm³/mol. The van der Waals surface area contributed by atoms with Gasteiger partial charge in [-0.1, -0.05) is 19.3 Å². The first-order valence-corrected chi connectivity index (χ1v) is 7.01. The zero-order chi connectivity index (χ0) is 13.7. The number of hydrogen-bond acceptors (Lipinski definition) is 3. The van der Waals surface area contributed by atoms with E-state index in [9.17, 15) is 4.79 Å². The van der Waals surface area contributed by atoms with Crippen molar-refractivity contribution in [3.63, 3.8) is 0 Å². The Hall–Kier alpha value is -1.71. The van der Waals surface area contributed by atoms with Crippen LogP contribution in [0.4, 0.5) is 11.4 Å². The van der Waals surface area contributed by atoms with Crippen LogP contribution in [0.15, 0.2) is 24.3 Å². The number of carbonyl (C=O) groups is 1. The zero-order valence-corrected chi connectivity index (χ0v) is 11.6. The highest BCUT2D eigenvalue weighted by Crippen LogP contribution is 2.18. The SMILES string of the molecule is CN(CC(=O)NC1CCCCC1)c1ccc(N)cc1. The van der Waals surface area contributed by atoms with E-state index in [0.29, 0.717) is 12.6 Å². The zero-order valence-electron chi connectivity index (χ0n) is 11.6. The lowest BCUT2D eigenvalue weighted by molar-refractivity contribution is -0.120. The molecule has 4 heteroatoms. The van der Waals surface area contributed by atoms with Crippen LogP contribution >= 0.6 is 0 Å². The van der Waals surface area contributed by atoms with E-state index < -0.39 is 0 Å². The predicted octanol–water partition coefficient (Wildman–Crippen LogP) is 2.15.